The Morgan fingerprint density at radius 1 is 1.47 bits per heavy atom. The third-order valence-corrected chi connectivity index (χ3v) is 3.37. The molecule has 1 aliphatic heterocycles. The maximum Gasteiger partial charge on any atom is 0.387 e. The van der Waals surface area contributed by atoms with Crippen LogP contribution >= 0.6 is 0 Å². The van der Waals surface area contributed by atoms with Crippen molar-refractivity contribution in [3.63, 3.8) is 0 Å². The fraction of sp³-hybridized carbons (Fsp3) is 0.462. The lowest BCUT2D eigenvalue weighted by molar-refractivity contribution is -0.148. The lowest BCUT2D eigenvalue weighted by atomic mass is 9.95. The van der Waals surface area contributed by atoms with Gasteiger partial charge in [-0.05, 0) is 24.6 Å². The molecule has 1 heterocycles. The fourth-order valence-corrected chi connectivity index (χ4v) is 2.15. The molecule has 1 unspecified atom stereocenters. The molecule has 1 saturated heterocycles. The van der Waals surface area contributed by atoms with Crippen LogP contribution in [-0.4, -0.2) is 35.7 Å². The van der Waals surface area contributed by atoms with Gasteiger partial charge in [-0.2, -0.15) is 8.78 Å². The molecule has 1 aromatic carbocycles. The molecule has 1 aromatic rings. The first kappa shape index (κ1) is 13.7. The summed E-state index contributed by atoms with van der Waals surface area (Å²) in [7, 11) is 0. The van der Waals surface area contributed by atoms with Gasteiger partial charge in [0.2, 0.25) is 0 Å². The molecule has 0 aromatic heterocycles. The predicted molar refractivity (Wildman–Crippen MR) is 64.2 cm³/mol. The van der Waals surface area contributed by atoms with Gasteiger partial charge in [-0.15, -0.1) is 0 Å². The highest BCUT2D eigenvalue weighted by Gasteiger charge is 2.35. The van der Waals surface area contributed by atoms with E-state index in [1.807, 2.05) is 17.9 Å². The highest BCUT2D eigenvalue weighted by molar-refractivity contribution is 5.71. The zero-order valence-corrected chi connectivity index (χ0v) is 10.4. The molecule has 1 fully saturated rings. The maximum atomic E-state index is 12.1. The van der Waals surface area contributed by atoms with E-state index in [0.717, 1.165) is 5.56 Å². The minimum atomic E-state index is -2.84. The van der Waals surface area contributed by atoms with Crippen LogP contribution in [0.2, 0.25) is 0 Å². The SMILES string of the molecule is CC(c1cccc(OC(F)F)c1)N1CC(C(=O)O)C1. The summed E-state index contributed by atoms with van der Waals surface area (Å²) in [6.45, 7) is 0.0397. The number of ether oxygens (including phenoxy) is 1. The summed E-state index contributed by atoms with van der Waals surface area (Å²) in [4.78, 5) is 12.7. The van der Waals surface area contributed by atoms with Crippen molar-refractivity contribution in [2.24, 2.45) is 5.92 Å². The summed E-state index contributed by atoms with van der Waals surface area (Å²) >= 11 is 0. The molecule has 1 aliphatic rings. The second-order valence-corrected chi connectivity index (χ2v) is 4.62. The fourth-order valence-electron chi connectivity index (χ4n) is 2.15. The van der Waals surface area contributed by atoms with Gasteiger partial charge >= 0.3 is 12.6 Å². The Balaban J connectivity index is 2.00. The molecule has 0 aliphatic carbocycles. The van der Waals surface area contributed by atoms with Gasteiger partial charge in [0, 0.05) is 19.1 Å². The quantitative estimate of drug-likeness (QED) is 0.893. The van der Waals surface area contributed by atoms with E-state index in [2.05, 4.69) is 4.74 Å². The van der Waals surface area contributed by atoms with Crippen molar-refractivity contribution in [3.05, 3.63) is 29.8 Å². The number of rotatable bonds is 5. The molecule has 1 N–H and O–H groups in total. The Kier molecular flexibility index (Phi) is 3.99. The van der Waals surface area contributed by atoms with Crippen molar-refractivity contribution in [3.8, 4) is 5.75 Å². The van der Waals surface area contributed by atoms with E-state index < -0.39 is 12.6 Å². The molecular formula is C13H15F2NO3. The Bertz CT molecular complexity index is 461. The van der Waals surface area contributed by atoms with Gasteiger partial charge in [0.1, 0.15) is 5.75 Å². The first-order chi connectivity index (χ1) is 8.97. The average Bonchev–Trinajstić information content (AvgIpc) is 2.25. The maximum absolute atomic E-state index is 12.1. The van der Waals surface area contributed by atoms with Crippen LogP contribution in [0.5, 0.6) is 5.75 Å². The summed E-state index contributed by atoms with van der Waals surface area (Å²) in [6.07, 6.45) is 0. The number of carboxylic acid groups (broad SMARTS) is 1. The zero-order chi connectivity index (χ0) is 14.0. The molecule has 0 radical (unpaired) electrons. The molecule has 0 amide bonds. The van der Waals surface area contributed by atoms with Gasteiger partial charge in [-0.1, -0.05) is 12.1 Å². The molecule has 0 spiro atoms. The van der Waals surface area contributed by atoms with E-state index in [0.29, 0.717) is 13.1 Å². The van der Waals surface area contributed by atoms with E-state index in [1.54, 1.807) is 12.1 Å². The van der Waals surface area contributed by atoms with Gasteiger partial charge in [0.25, 0.3) is 0 Å². The molecule has 0 bridgehead atoms. The van der Waals surface area contributed by atoms with Crippen molar-refractivity contribution in [2.75, 3.05) is 13.1 Å². The van der Waals surface area contributed by atoms with Crippen molar-refractivity contribution in [2.45, 2.75) is 19.6 Å². The van der Waals surface area contributed by atoms with Crippen molar-refractivity contribution in [1.29, 1.82) is 0 Å². The normalized spacial score (nSPS) is 18.1. The van der Waals surface area contributed by atoms with Gasteiger partial charge < -0.3 is 9.84 Å². The molecular weight excluding hydrogens is 256 g/mol. The van der Waals surface area contributed by atoms with Crippen LogP contribution in [0.25, 0.3) is 0 Å². The third-order valence-electron chi connectivity index (χ3n) is 3.37. The van der Waals surface area contributed by atoms with E-state index in [9.17, 15) is 13.6 Å². The highest BCUT2D eigenvalue weighted by atomic mass is 19.3. The van der Waals surface area contributed by atoms with Crippen LogP contribution in [0, 0.1) is 5.92 Å². The number of hydrogen-bond acceptors (Lipinski definition) is 3. The smallest absolute Gasteiger partial charge is 0.387 e. The number of likely N-dealkylation sites (tertiary alicyclic amines) is 1. The van der Waals surface area contributed by atoms with Crippen molar-refractivity contribution in [1.82, 2.24) is 4.90 Å². The Hall–Kier alpha value is -1.69. The molecule has 6 heteroatoms. The third kappa shape index (κ3) is 3.20. The van der Waals surface area contributed by atoms with Crippen LogP contribution < -0.4 is 4.74 Å². The van der Waals surface area contributed by atoms with Gasteiger partial charge in [0.05, 0.1) is 5.92 Å². The first-order valence-corrected chi connectivity index (χ1v) is 5.99. The summed E-state index contributed by atoms with van der Waals surface area (Å²) in [5.41, 5.74) is 0.835. The summed E-state index contributed by atoms with van der Waals surface area (Å²) in [5, 5.41) is 8.82. The number of halogens is 2. The zero-order valence-electron chi connectivity index (χ0n) is 10.4. The van der Waals surface area contributed by atoms with E-state index in [-0.39, 0.29) is 17.7 Å². The van der Waals surface area contributed by atoms with Crippen molar-refractivity contribution < 1.29 is 23.4 Å². The topological polar surface area (TPSA) is 49.8 Å². The van der Waals surface area contributed by atoms with E-state index in [1.165, 1.54) is 6.07 Å². The Morgan fingerprint density at radius 2 is 2.16 bits per heavy atom. The van der Waals surface area contributed by atoms with E-state index in [4.69, 9.17) is 5.11 Å². The minimum absolute atomic E-state index is 0.0168. The van der Waals surface area contributed by atoms with Crippen molar-refractivity contribution >= 4 is 5.97 Å². The number of carboxylic acids is 1. The average molecular weight is 271 g/mol. The Labute approximate surface area is 109 Å². The van der Waals surface area contributed by atoms with Gasteiger partial charge in [-0.25, -0.2) is 0 Å². The standard InChI is InChI=1S/C13H15F2NO3/c1-8(16-6-10(7-16)12(17)18)9-3-2-4-11(5-9)19-13(14)15/h2-5,8,10,13H,6-7H2,1H3,(H,17,18). The second kappa shape index (κ2) is 5.52. The lowest BCUT2D eigenvalue weighted by Gasteiger charge is -2.41. The summed E-state index contributed by atoms with van der Waals surface area (Å²) in [6, 6.07) is 6.48. The van der Waals surface area contributed by atoms with Crippen LogP contribution in [0.3, 0.4) is 0 Å². The van der Waals surface area contributed by atoms with Crippen LogP contribution in [0.4, 0.5) is 8.78 Å². The second-order valence-electron chi connectivity index (χ2n) is 4.62. The first-order valence-electron chi connectivity index (χ1n) is 5.99. The summed E-state index contributed by atoms with van der Waals surface area (Å²) in [5.74, 6) is -1.00. The molecule has 19 heavy (non-hydrogen) atoms. The van der Waals surface area contributed by atoms with Crippen LogP contribution in [-0.2, 0) is 4.79 Å². The van der Waals surface area contributed by atoms with Crippen LogP contribution in [0.1, 0.15) is 18.5 Å². The lowest BCUT2D eigenvalue weighted by Crippen LogP contribution is -2.51. The molecule has 1 atom stereocenters. The van der Waals surface area contributed by atoms with Gasteiger partial charge in [-0.3, -0.25) is 9.69 Å². The summed E-state index contributed by atoms with van der Waals surface area (Å²) < 4.78 is 28.6. The molecule has 0 saturated carbocycles. The minimum Gasteiger partial charge on any atom is -0.481 e. The van der Waals surface area contributed by atoms with Crippen LogP contribution in [0.15, 0.2) is 24.3 Å². The number of carbonyl (C=O) groups is 1. The molecule has 104 valence electrons. The molecule has 4 nitrogen and oxygen atoms in total. The number of hydrogen-bond donors (Lipinski definition) is 1. The largest absolute Gasteiger partial charge is 0.481 e. The molecule has 2 rings (SSSR count). The number of alkyl halides is 2. The monoisotopic (exact) mass is 271 g/mol. The highest BCUT2D eigenvalue weighted by Crippen LogP contribution is 2.30. The number of benzene rings is 1. The predicted octanol–water partition coefficient (Wildman–Crippen LogP) is 2.37. The number of nitrogens with zero attached hydrogens (tertiary/aromatic N) is 1. The van der Waals surface area contributed by atoms with E-state index >= 15 is 0 Å². The van der Waals surface area contributed by atoms with Gasteiger partial charge in [0.15, 0.2) is 0 Å². The number of aliphatic carboxylic acids is 1. The Morgan fingerprint density at radius 3 is 2.74 bits per heavy atom.